The molecule has 1 aliphatic carbocycles. The van der Waals surface area contributed by atoms with Crippen LogP contribution in [0.15, 0.2) is 34.8 Å². The lowest BCUT2D eigenvalue weighted by molar-refractivity contribution is 0.815. The third kappa shape index (κ3) is 1.89. The van der Waals surface area contributed by atoms with E-state index in [0.717, 1.165) is 10.5 Å². The maximum Gasteiger partial charge on any atom is 0.0620 e. The molecule has 0 bridgehead atoms. The molecule has 1 aliphatic rings. The van der Waals surface area contributed by atoms with Crippen LogP contribution in [0.2, 0.25) is 0 Å². The maximum atomic E-state index is 7.62. The highest BCUT2D eigenvalue weighted by atomic mass is 32.1. The molecule has 12 heavy (non-hydrogen) atoms. The van der Waals surface area contributed by atoms with Crippen LogP contribution in [0.5, 0.6) is 0 Å². The van der Waals surface area contributed by atoms with Crippen LogP contribution < -0.4 is 0 Å². The van der Waals surface area contributed by atoms with E-state index in [1.807, 2.05) is 18.2 Å². The van der Waals surface area contributed by atoms with Gasteiger partial charge in [0.25, 0.3) is 0 Å². The molecule has 0 aromatic heterocycles. The van der Waals surface area contributed by atoms with Crippen LogP contribution in [0.3, 0.4) is 0 Å². The molecule has 0 aromatic rings. The largest absolute Gasteiger partial charge is 0.300 e. The summed E-state index contributed by atoms with van der Waals surface area (Å²) in [5, 5.41) is 7.62. The highest BCUT2D eigenvalue weighted by Crippen LogP contribution is 2.22. The maximum absolute atomic E-state index is 7.62. The van der Waals surface area contributed by atoms with Crippen molar-refractivity contribution in [3.8, 4) is 0 Å². The van der Waals surface area contributed by atoms with Gasteiger partial charge in [0.2, 0.25) is 0 Å². The van der Waals surface area contributed by atoms with Crippen molar-refractivity contribution in [2.45, 2.75) is 13.8 Å². The summed E-state index contributed by atoms with van der Waals surface area (Å²) in [5.41, 5.74) is 1.49. The van der Waals surface area contributed by atoms with Crippen molar-refractivity contribution < 1.29 is 0 Å². The van der Waals surface area contributed by atoms with Gasteiger partial charge in [0.15, 0.2) is 0 Å². The molecule has 64 valence electrons. The van der Waals surface area contributed by atoms with Crippen molar-refractivity contribution in [1.29, 1.82) is 5.41 Å². The Morgan fingerprint density at radius 3 is 2.42 bits per heavy atom. The number of rotatable bonds is 1. The quantitative estimate of drug-likeness (QED) is 0.578. The zero-order chi connectivity index (χ0) is 9.14. The fourth-order valence-corrected chi connectivity index (χ4v) is 1.21. The monoisotopic (exact) mass is 179 g/mol. The van der Waals surface area contributed by atoms with Gasteiger partial charge in [0.05, 0.1) is 5.71 Å². The molecule has 1 N–H and O–H groups in total. The minimum Gasteiger partial charge on any atom is -0.300 e. The summed E-state index contributed by atoms with van der Waals surface area (Å²) < 4.78 is 0. The van der Waals surface area contributed by atoms with E-state index < -0.39 is 0 Å². The summed E-state index contributed by atoms with van der Waals surface area (Å²) in [7, 11) is 0. The molecule has 0 fully saturated rings. The molecule has 0 saturated carbocycles. The van der Waals surface area contributed by atoms with Crippen LogP contribution in [0.25, 0.3) is 0 Å². The van der Waals surface area contributed by atoms with Crippen LogP contribution in [0, 0.1) is 11.3 Å². The Kier molecular flexibility index (Phi) is 2.93. The first-order valence-electron chi connectivity index (χ1n) is 3.99. The Hall–Kier alpha value is -0.760. The van der Waals surface area contributed by atoms with Gasteiger partial charge in [0.1, 0.15) is 0 Å². The first-order valence-corrected chi connectivity index (χ1v) is 4.44. The van der Waals surface area contributed by atoms with Crippen LogP contribution in [-0.4, -0.2) is 5.71 Å². The number of nitrogens with one attached hydrogen (secondary N) is 1. The Bertz CT molecular complexity index is 282. The molecule has 1 rings (SSSR count). The molecule has 0 spiro atoms. The van der Waals surface area contributed by atoms with Gasteiger partial charge >= 0.3 is 0 Å². The molecule has 0 saturated heterocycles. The van der Waals surface area contributed by atoms with E-state index >= 15 is 0 Å². The molecule has 0 amide bonds. The Morgan fingerprint density at radius 1 is 1.33 bits per heavy atom. The summed E-state index contributed by atoms with van der Waals surface area (Å²) in [4.78, 5) is 0.987. The van der Waals surface area contributed by atoms with Crippen molar-refractivity contribution in [2.24, 2.45) is 5.92 Å². The van der Waals surface area contributed by atoms with E-state index in [2.05, 4.69) is 26.5 Å². The third-order valence-corrected chi connectivity index (χ3v) is 2.51. The zero-order valence-corrected chi connectivity index (χ0v) is 8.23. The Labute approximate surface area is 78.8 Å². The second-order valence-electron chi connectivity index (χ2n) is 3.09. The molecular formula is C10H13NS. The molecule has 0 atom stereocenters. The first-order chi connectivity index (χ1) is 5.63. The zero-order valence-electron chi connectivity index (χ0n) is 7.33. The highest BCUT2D eigenvalue weighted by Gasteiger charge is 2.08. The van der Waals surface area contributed by atoms with Gasteiger partial charge in [-0.25, -0.2) is 0 Å². The predicted molar refractivity (Wildman–Crippen MR) is 56.9 cm³/mol. The average Bonchev–Trinajstić information content (AvgIpc) is 2.04. The van der Waals surface area contributed by atoms with Gasteiger partial charge in [-0.15, -0.1) is 12.6 Å². The number of hydrogen-bond acceptors (Lipinski definition) is 2. The molecule has 2 heteroatoms. The van der Waals surface area contributed by atoms with E-state index in [1.54, 1.807) is 6.08 Å². The molecule has 1 nitrogen and oxygen atoms in total. The summed E-state index contributed by atoms with van der Waals surface area (Å²) in [6.07, 6.45) is 7.53. The SMILES string of the molecule is CC(C)/C(S)=C1\C=CC=CC1=N. The molecule has 0 radical (unpaired) electrons. The van der Waals surface area contributed by atoms with Crippen molar-refractivity contribution in [3.05, 3.63) is 34.8 Å². The van der Waals surface area contributed by atoms with Crippen LogP contribution >= 0.6 is 12.6 Å². The van der Waals surface area contributed by atoms with Gasteiger partial charge in [0, 0.05) is 5.57 Å². The fraction of sp³-hybridized carbons (Fsp3) is 0.300. The summed E-state index contributed by atoms with van der Waals surface area (Å²) in [6, 6.07) is 0. The molecule has 0 unspecified atom stereocenters. The van der Waals surface area contributed by atoms with Gasteiger partial charge < -0.3 is 5.41 Å². The van der Waals surface area contributed by atoms with Gasteiger partial charge in [-0.1, -0.05) is 32.1 Å². The lowest BCUT2D eigenvalue weighted by Gasteiger charge is -2.11. The number of allylic oxidation sites excluding steroid dienone is 6. The smallest absolute Gasteiger partial charge is 0.0620 e. The molecule has 0 aliphatic heterocycles. The Balaban J connectivity index is 3.02. The predicted octanol–water partition coefficient (Wildman–Crippen LogP) is 2.97. The molecular weight excluding hydrogens is 166 g/mol. The standard InChI is InChI=1S/C10H13NS/c1-7(2)10(12)8-5-3-4-6-9(8)11/h3-7,11-12H,1-2H3/b10-8-,11-9?. The van der Waals surface area contributed by atoms with Crippen molar-refractivity contribution >= 4 is 18.3 Å². The van der Waals surface area contributed by atoms with E-state index in [-0.39, 0.29) is 0 Å². The lowest BCUT2D eigenvalue weighted by atomic mass is 10.0. The van der Waals surface area contributed by atoms with Crippen molar-refractivity contribution in [3.63, 3.8) is 0 Å². The second-order valence-corrected chi connectivity index (χ2v) is 3.57. The van der Waals surface area contributed by atoms with Crippen molar-refractivity contribution in [1.82, 2.24) is 0 Å². The van der Waals surface area contributed by atoms with Crippen LogP contribution in [0.1, 0.15) is 13.8 Å². The fourth-order valence-electron chi connectivity index (χ4n) is 1.02. The molecule has 0 heterocycles. The first kappa shape index (κ1) is 9.33. The number of hydrogen-bond donors (Lipinski definition) is 2. The van der Waals surface area contributed by atoms with E-state index in [9.17, 15) is 0 Å². The van der Waals surface area contributed by atoms with Crippen LogP contribution in [0.4, 0.5) is 0 Å². The molecule has 0 aromatic carbocycles. The Morgan fingerprint density at radius 2 is 1.92 bits per heavy atom. The van der Waals surface area contributed by atoms with Crippen molar-refractivity contribution in [2.75, 3.05) is 0 Å². The minimum absolute atomic E-state index is 0.389. The summed E-state index contributed by atoms with van der Waals surface area (Å²) in [6.45, 7) is 4.16. The summed E-state index contributed by atoms with van der Waals surface area (Å²) >= 11 is 4.38. The lowest BCUT2D eigenvalue weighted by Crippen LogP contribution is -2.03. The normalized spacial score (nSPS) is 20.5. The third-order valence-electron chi connectivity index (χ3n) is 1.75. The minimum atomic E-state index is 0.389. The van der Waals surface area contributed by atoms with E-state index in [0.29, 0.717) is 11.6 Å². The van der Waals surface area contributed by atoms with Gasteiger partial charge in [-0.05, 0) is 16.9 Å². The summed E-state index contributed by atoms with van der Waals surface area (Å²) in [5.74, 6) is 0.389. The van der Waals surface area contributed by atoms with Gasteiger partial charge in [-0.3, -0.25) is 0 Å². The van der Waals surface area contributed by atoms with Crippen LogP contribution in [-0.2, 0) is 0 Å². The second kappa shape index (κ2) is 3.76. The van der Waals surface area contributed by atoms with E-state index in [1.165, 1.54) is 0 Å². The number of thiol groups is 1. The van der Waals surface area contributed by atoms with Gasteiger partial charge in [-0.2, -0.15) is 0 Å². The topological polar surface area (TPSA) is 23.9 Å². The van der Waals surface area contributed by atoms with E-state index in [4.69, 9.17) is 5.41 Å². The average molecular weight is 179 g/mol. The highest BCUT2D eigenvalue weighted by molar-refractivity contribution is 7.84.